The van der Waals surface area contributed by atoms with Gasteiger partial charge in [0.25, 0.3) is 5.69 Å². The minimum Gasteiger partial charge on any atom is -0.480 e. The first kappa shape index (κ1) is 13.7. The third-order valence-electron chi connectivity index (χ3n) is 3.54. The number of hydrogen-bond acceptors (Lipinski definition) is 6. The molecular formula is C12H12N4O4. The minimum absolute atomic E-state index is 0.00794. The van der Waals surface area contributed by atoms with E-state index in [0.29, 0.717) is 19.4 Å². The number of anilines is 1. The van der Waals surface area contributed by atoms with Gasteiger partial charge in [-0.25, -0.2) is 9.78 Å². The van der Waals surface area contributed by atoms with Gasteiger partial charge in [-0.3, -0.25) is 10.1 Å². The van der Waals surface area contributed by atoms with Gasteiger partial charge in [-0.15, -0.1) is 0 Å². The molecule has 0 bridgehead atoms. The third-order valence-corrected chi connectivity index (χ3v) is 3.54. The summed E-state index contributed by atoms with van der Waals surface area (Å²) >= 11 is 0. The molecule has 1 aliphatic heterocycles. The highest BCUT2D eigenvalue weighted by atomic mass is 16.6. The lowest BCUT2D eigenvalue weighted by molar-refractivity contribution is -0.385. The number of nitriles is 1. The third kappa shape index (κ3) is 2.03. The fourth-order valence-electron chi connectivity index (χ4n) is 2.37. The molecule has 0 radical (unpaired) electrons. The quantitative estimate of drug-likeness (QED) is 0.652. The van der Waals surface area contributed by atoms with Crippen LogP contribution in [-0.2, 0) is 4.79 Å². The SMILES string of the molecule is CC1(C(=O)O)CCCN1c1ncc([N+](=O)[O-])cc1C#N. The van der Waals surface area contributed by atoms with Gasteiger partial charge in [-0.05, 0) is 19.8 Å². The van der Waals surface area contributed by atoms with Crippen LogP contribution in [-0.4, -0.2) is 33.1 Å². The predicted octanol–water partition coefficient (Wildman–Crippen LogP) is 1.30. The molecule has 20 heavy (non-hydrogen) atoms. The lowest BCUT2D eigenvalue weighted by atomic mass is 9.99. The zero-order valence-electron chi connectivity index (χ0n) is 10.7. The van der Waals surface area contributed by atoms with Crippen LogP contribution in [0.1, 0.15) is 25.3 Å². The number of nitro groups is 1. The molecule has 1 atom stereocenters. The molecule has 0 saturated carbocycles. The van der Waals surface area contributed by atoms with E-state index in [4.69, 9.17) is 5.26 Å². The number of carbonyl (C=O) groups is 1. The first-order valence-corrected chi connectivity index (χ1v) is 5.95. The highest BCUT2D eigenvalue weighted by Gasteiger charge is 2.45. The largest absolute Gasteiger partial charge is 0.480 e. The van der Waals surface area contributed by atoms with Gasteiger partial charge in [0, 0.05) is 12.6 Å². The summed E-state index contributed by atoms with van der Waals surface area (Å²) in [6, 6.07) is 2.96. The number of hydrogen-bond donors (Lipinski definition) is 1. The van der Waals surface area contributed by atoms with E-state index in [0.717, 1.165) is 12.3 Å². The number of rotatable bonds is 3. The molecule has 1 aromatic heterocycles. The zero-order valence-corrected chi connectivity index (χ0v) is 10.7. The molecular weight excluding hydrogens is 264 g/mol. The Morgan fingerprint density at radius 3 is 2.95 bits per heavy atom. The van der Waals surface area contributed by atoms with Crippen LogP contribution < -0.4 is 4.90 Å². The Hall–Kier alpha value is -2.69. The van der Waals surface area contributed by atoms with Crippen molar-refractivity contribution >= 4 is 17.5 Å². The average Bonchev–Trinajstić information content (AvgIpc) is 2.81. The number of nitrogens with zero attached hydrogens (tertiary/aromatic N) is 4. The molecule has 1 N–H and O–H groups in total. The molecule has 1 saturated heterocycles. The average molecular weight is 276 g/mol. The molecule has 104 valence electrons. The van der Waals surface area contributed by atoms with Gasteiger partial charge in [-0.1, -0.05) is 0 Å². The first-order chi connectivity index (χ1) is 9.40. The van der Waals surface area contributed by atoms with Gasteiger partial charge in [0.1, 0.15) is 29.2 Å². The summed E-state index contributed by atoms with van der Waals surface area (Å²) in [6.45, 7) is 2.01. The Bertz CT molecular complexity index is 624. The van der Waals surface area contributed by atoms with Crippen molar-refractivity contribution < 1.29 is 14.8 Å². The normalized spacial score (nSPS) is 21.5. The zero-order chi connectivity index (χ0) is 14.9. The fraction of sp³-hybridized carbons (Fsp3) is 0.417. The van der Waals surface area contributed by atoms with Crippen molar-refractivity contribution in [1.82, 2.24) is 4.98 Å². The van der Waals surface area contributed by atoms with Crippen LogP contribution in [0.15, 0.2) is 12.3 Å². The lowest BCUT2D eigenvalue weighted by Gasteiger charge is -2.32. The highest BCUT2D eigenvalue weighted by Crippen LogP contribution is 2.35. The Morgan fingerprint density at radius 2 is 2.40 bits per heavy atom. The number of aliphatic carboxylic acids is 1. The molecule has 0 aromatic carbocycles. The minimum atomic E-state index is -1.14. The Labute approximate surface area is 114 Å². The second kappa shape index (κ2) is 4.77. The van der Waals surface area contributed by atoms with Crippen molar-refractivity contribution in [1.29, 1.82) is 5.26 Å². The van der Waals surface area contributed by atoms with E-state index in [1.54, 1.807) is 6.92 Å². The predicted molar refractivity (Wildman–Crippen MR) is 68.2 cm³/mol. The van der Waals surface area contributed by atoms with Gasteiger partial charge in [-0.2, -0.15) is 5.26 Å². The molecule has 1 aliphatic rings. The maximum absolute atomic E-state index is 11.4. The van der Waals surface area contributed by atoms with Gasteiger partial charge >= 0.3 is 5.97 Å². The molecule has 8 heteroatoms. The maximum atomic E-state index is 11.4. The van der Waals surface area contributed by atoms with E-state index in [9.17, 15) is 20.0 Å². The lowest BCUT2D eigenvalue weighted by Crippen LogP contribution is -2.48. The highest BCUT2D eigenvalue weighted by molar-refractivity contribution is 5.84. The monoisotopic (exact) mass is 276 g/mol. The number of aromatic nitrogens is 1. The number of carboxylic acid groups (broad SMARTS) is 1. The second-order valence-corrected chi connectivity index (χ2v) is 4.77. The van der Waals surface area contributed by atoms with Gasteiger partial charge in [0.15, 0.2) is 0 Å². The first-order valence-electron chi connectivity index (χ1n) is 5.95. The van der Waals surface area contributed by atoms with Crippen LogP contribution in [0.3, 0.4) is 0 Å². The summed E-state index contributed by atoms with van der Waals surface area (Å²) in [5.41, 5.74) is -1.43. The van der Waals surface area contributed by atoms with E-state index in [-0.39, 0.29) is 17.1 Å². The topological polar surface area (TPSA) is 120 Å². The fourth-order valence-corrected chi connectivity index (χ4v) is 2.37. The molecule has 0 aliphatic carbocycles. The molecule has 1 aromatic rings. The van der Waals surface area contributed by atoms with Crippen molar-refractivity contribution in [2.45, 2.75) is 25.3 Å². The summed E-state index contributed by atoms with van der Waals surface area (Å²) in [6.07, 6.45) is 2.13. The van der Waals surface area contributed by atoms with Crippen molar-refractivity contribution in [3.63, 3.8) is 0 Å². The van der Waals surface area contributed by atoms with E-state index in [1.807, 2.05) is 6.07 Å². The van der Waals surface area contributed by atoms with Crippen molar-refractivity contribution in [2.24, 2.45) is 0 Å². The van der Waals surface area contributed by atoms with Crippen molar-refractivity contribution in [3.05, 3.63) is 27.9 Å². The van der Waals surface area contributed by atoms with Crippen LogP contribution in [0, 0.1) is 21.4 Å². The summed E-state index contributed by atoms with van der Waals surface area (Å²) in [4.78, 5) is 26.9. The molecule has 2 rings (SSSR count). The van der Waals surface area contributed by atoms with E-state index in [2.05, 4.69) is 4.98 Å². The molecule has 0 spiro atoms. The number of carboxylic acids is 1. The molecule has 1 unspecified atom stereocenters. The van der Waals surface area contributed by atoms with Crippen LogP contribution in [0.25, 0.3) is 0 Å². The van der Waals surface area contributed by atoms with Crippen molar-refractivity contribution in [3.8, 4) is 6.07 Å². The number of pyridine rings is 1. The van der Waals surface area contributed by atoms with Gasteiger partial charge in [0.2, 0.25) is 0 Å². The van der Waals surface area contributed by atoms with Gasteiger partial charge in [0.05, 0.1) is 4.92 Å². The molecule has 2 heterocycles. The van der Waals surface area contributed by atoms with Gasteiger partial charge < -0.3 is 10.0 Å². The molecule has 8 nitrogen and oxygen atoms in total. The second-order valence-electron chi connectivity index (χ2n) is 4.77. The standard InChI is InChI=1S/C12H12N4O4/c1-12(11(17)18)3-2-4-15(12)10-8(6-13)5-9(7-14-10)16(19)20/h5,7H,2-4H2,1H3,(H,17,18). The molecule has 0 amide bonds. The molecule has 1 fully saturated rings. The smallest absolute Gasteiger partial charge is 0.329 e. The van der Waals surface area contributed by atoms with Crippen molar-refractivity contribution in [2.75, 3.05) is 11.4 Å². The van der Waals surface area contributed by atoms with E-state index >= 15 is 0 Å². The Morgan fingerprint density at radius 1 is 1.70 bits per heavy atom. The van der Waals surface area contributed by atoms with Crippen LogP contribution >= 0.6 is 0 Å². The van der Waals surface area contributed by atoms with E-state index < -0.39 is 16.4 Å². The van der Waals surface area contributed by atoms with Crippen LogP contribution in [0.4, 0.5) is 11.5 Å². The Balaban J connectivity index is 2.51. The Kier molecular flexibility index (Phi) is 3.28. The summed E-state index contributed by atoms with van der Waals surface area (Å²) in [7, 11) is 0. The van der Waals surface area contributed by atoms with Crippen LogP contribution in [0.5, 0.6) is 0 Å². The maximum Gasteiger partial charge on any atom is 0.329 e. The van der Waals surface area contributed by atoms with Crippen LogP contribution in [0.2, 0.25) is 0 Å². The summed E-state index contributed by atoms with van der Waals surface area (Å²) < 4.78 is 0. The van der Waals surface area contributed by atoms with E-state index in [1.165, 1.54) is 4.90 Å². The summed E-state index contributed by atoms with van der Waals surface area (Å²) in [5, 5.41) is 29.1. The summed E-state index contributed by atoms with van der Waals surface area (Å²) in [5.74, 6) is -0.820.